The van der Waals surface area contributed by atoms with Crippen molar-refractivity contribution >= 4 is 41.5 Å². The van der Waals surface area contributed by atoms with Crippen molar-refractivity contribution in [3.63, 3.8) is 0 Å². The van der Waals surface area contributed by atoms with Crippen LogP contribution in [0.4, 0.5) is 0 Å². The predicted molar refractivity (Wildman–Crippen MR) is 77.4 cm³/mol. The zero-order chi connectivity index (χ0) is 13.1. The maximum absolute atomic E-state index is 11.4. The van der Waals surface area contributed by atoms with E-state index in [1.54, 1.807) is 11.3 Å². The monoisotopic (exact) mass is 276 g/mol. The number of Topliss-reactive ketones (excluding diaryl/α,β-unsaturated/α-hetero) is 1. The van der Waals surface area contributed by atoms with Crippen LogP contribution in [0.5, 0.6) is 0 Å². The highest BCUT2D eigenvalue weighted by atomic mass is 32.1. The molecule has 2 heterocycles. The number of carbonyl (C=O) groups excluding carboxylic acids is 1. The molecule has 0 atom stereocenters. The highest BCUT2D eigenvalue weighted by Gasteiger charge is 2.08. The normalized spacial score (nSPS) is 11.0. The van der Waals surface area contributed by atoms with E-state index in [1.807, 2.05) is 36.6 Å². The molecule has 0 aliphatic heterocycles. The van der Waals surface area contributed by atoms with Crippen LogP contribution >= 0.6 is 23.6 Å². The average Bonchev–Trinajstić information content (AvgIpc) is 2.77. The van der Waals surface area contributed by atoms with Gasteiger partial charge in [0.25, 0.3) is 0 Å². The molecule has 0 unspecified atom stereocenters. The third-order valence-electron chi connectivity index (χ3n) is 2.43. The minimum atomic E-state index is -0.0602. The van der Waals surface area contributed by atoms with Gasteiger partial charge in [-0.15, -0.1) is 11.3 Å². The molecule has 0 saturated heterocycles. The summed E-state index contributed by atoms with van der Waals surface area (Å²) >= 11 is 6.78. The van der Waals surface area contributed by atoms with Crippen molar-refractivity contribution in [2.75, 3.05) is 0 Å². The van der Waals surface area contributed by atoms with Crippen molar-refractivity contribution in [2.24, 2.45) is 0 Å². The second-order valence-corrected chi connectivity index (χ2v) is 5.20. The van der Waals surface area contributed by atoms with Crippen molar-refractivity contribution in [2.45, 2.75) is 13.8 Å². The number of hydrogen-bond acceptors (Lipinski definition) is 4. The highest BCUT2D eigenvalue weighted by Crippen LogP contribution is 2.13. The molecule has 0 bridgehead atoms. The van der Waals surface area contributed by atoms with Gasteiger partial charge in [-0.1, -0.05) is 18.3 Å². The predicted octanol–water partition coefficient (Wildman–Crippen LogP) is 3.88. The van der Waals surface area contributed by atoms with Crippen LogP contribution in [0.15, 0.2) is 17.5 Å². The quantitative estimate of drug-likeness (QED) is 0.683. The molecule has 2 aromatic rings. The van der Waals surface area contributed by atoms with Gasteiger partial charge in [0.1, 0.15) is 10.5 Å². The third kappa shape index (κ3) is 2.80. The minimum absolute atomic E-state index is 0.0602. The molecule has 18 heavy (non-hydrogen) atoms. The Morgan fingerprint density at radius 1 is 1.50 bits per heavy atom. The summed E-state index contributed by atoms with van der Waals surface area (Å²) in [7, 11) is 0. The van der Waals surface area contributed by atoms with E-state index in [-0.39, 0.29) is 5.78 Å². The molecule has 0 aliphatic carbocycles. The molecule has 2 rings (SSSR count). The van der Waals surface area contributed by atoms with E-state index in [1.165, 1.54) is 6.92 Å². The Hall–Kier alpha value is -1.59. The maximum Gasteiger partial charge on any atom is 0.164 e. The van der Waals surface area contributed by atoms with Gasteiger partial charge in [0.15, 0.2) is 5.78 Å². The zero-order valence-corrected chi connectivity index (χ0v) is 11.7. The SMILES string of the molecule is CC(=O)c1c(C)[nH]c(/C=C/c2cccs2)nc1=S. The van der Waals surface area contributed by atoms with Gasteiger partial charge in [-0.25, -0.2) is 4.98 Å². The summed E-state index contributed by atoms with van der Waals surface area (Å²) in [4.78, 5) is 19.8. The standard InChI is InChI=1S/C13H12N2OS2/c1-8-12(9(2)16)13(17)15-11(14-8)6-5-10-4-3-7-18-10/h3-7H,1-2H3,(H,14,15,17)/b6-5+. The number of carbonyl (C=O) groups is 1. The molecule has 0 radical (unpaired) electrons. The molecule has 1 N–H and O–H groups in total. The fourth-order valence-electron chi connectivity index (χ4n) is 1.65. The lowest BCUT2D eigenvalue weighted by molar-refractivity contribution is 0.101. The van der Waals surface area contributed by atoms with E-state index in [0.29, 0.717) is 16.0 Å². The van der Waals surface area contributed by atoms with E-state index in [0.717, 1.165) is 10.6 Å². The Bertz CT molecular complexity index is 654. The van der Waals surface area contributed by atoms with Crippen LogP contribution in [0.1, 0.15) is 33.7 Å². The van der Waals surface area contributed by atoms with Gasteiger partial charge in [0.05, 0.1) is 5.56 Å². The molecule has 2 aromatic heterocycles. The van der Waals surface area contributed by atoms with Crippen molar-refractivity contribution in [1.29, 1.82) is 0 Å². The lowest BCUT2D eigenvalue weighted by Gasteiger charge is -2.03. The lowest BCUT2D eigenvalue weighted by Crippen LogP contribution is -2.04. The van der Waals surface area contributed by atoms with Crippen LogP contribution < -0.4 is 0 Å². The smallest absolute Gasteiger partial charge is 0.164 e. The van der Waals surface area contributed by atoms with Crippen molar-refractivity contribution < 1.29 is 4.79 Å². The number of aromatic amines is 1. The first kappa shape index (κ1) is 12.9. The lowest BCUT2D eigenvalue weighted by atomic mass is 10.2. The second-order valence-electron chi connectivity index (χ2n) is 3.83. The molecule has 0 aromatic carbocycles. The van der Waals surface area contributed by atoms with E-state index in [2.05, 4.69) is 9.97 Å². The fourth-order valence-corrected chi connectivity index (χ4v) is 2.66. The molecule has 0 amide bonds. The number of H-pyrrole nitrogens is 1. The minimum Gasteiger partial charge on any atom is -0.343 e. The fraction of sp³-hybridized carbons (Fsp3) is 0.154. The summed E-state index contributed by atoms with van der Waals surface area (Å²) in [5, 5.41) is 2.01. The van der Waals surface area contributed by atoms with Crippen LogP contribution in [0.25, 0.3) is 12.2 Å². The molecule has 5 heteroatoms. The average molecular weight is 276 g/mol. The molecule has 92 valence electrons. The van der Waals surface area contributed by atoms with Gasteiger partial charge < -0.3 is 4.98 Å². The number of hydrogen-bond donors (Lipinski definition) is 1. The van der Waals surface area contributed by atoms with Gasteiger partial charge in [-0.2, -0.15) is 0 Å². The van der Waals surface area contributed by atoms with Crippen LogP contribution in [0.2, 0.25) is 0 Å². The van der Waals surface area contributed by atoms with Gasteiger partial charge in [0, 0.05) is 10.6 Å². The Morgan fingerprint density at radius 3 is 2.83 bits per heavy atom. The van der Waals surface area contributed by atoms with Gasteiger partial charge >= 0.3 is 0 Å². The van der Waals surface area contributed by atoms with Gasteiger partial charge in [0.2, 0.25) is 0 Å². The van der Waals surface area contributed by atoms with Crippen LogP contribution in [-0.4, -0.2) is 15.8 Å². The number of rotatable bonds is 3. The Labute approximate surface area is 114 Å². The Morgan fingerprint density at radius 2 is 2.28 bits per heavy atom. The van der Waals surface area contributed by atoms with E-state index in [9.17, 15) is 4.79 Å². The van der Waals surface area contributed by atoms with Crippen LogP contribution in [0, 0.1) is 11.6 Å². The maximum atomic E-state index is 11.4. The van der Waals surface area contributed by atoms with Crippen molar-refractivity contribution in [1.82, 2.24) is 9.97 Å². The Balaban J connectivity index is 2.37. The van der Waals surface area contributed by atoms with Gasteiger partial charge in [-0.3, -0.25) is 4.79 Å². The highest BCUT2D eigenvalue weighted by molar-refractivity contribution is 7.71. The topological polar surface area (TPSA) is 45.8 Å². The number of aromatic nitrogens is 2. The molecule has 0 spiro atoms. The molecular weight excluding hydrogens is 264 g/mol. The van der Waals surface area contributed by atoms with E-state index < -0.39 is 0 Å². The number of thiophene rings is 1. The summed E-state index contributed by atoms with van der Waals surface area (Å²) in [5.74, 6) is 0.603. The molecule has 0 fully saturated rings. The van der Waals surface area contributed by atoms with E-state index >= 15 is 0 Å². The Kier molecular flexibility index (Phi) is 3.84. The van der Waals surface area contributed by atoms with E-state index in [4.69, 9.17) is 12.2 Å². The summed E-state index contributed by atoms with van der Waals surface area (Å²) < 4.78 is 0.351. The largest absolute Gasteiger partial charge is 0.343 e. The molecular formula is C13H12N2OS2. The first-order valence-corrected chi connectivity index (χ1v) is 6.70. The number of nitrogens with one attached hydrogen (secondary N) is 1. The van der Waals surface area contributed by atoms with Crippen LogP contribution in [-0.2, 0) is 0 Å². The zero-order valence-electron chi connectivity index (χ0n) is 10.1. The first-order chi connectivity index (χ1) is 8.58. The number of aryl methyl sites for hydroxylation is 1. The summed E-state index contributed by atoms with van der Waals surface area (Å²) in [6.07, 6.45) is 3.82. The number of nitrogens with zero attached hydrogens (tertiary/aromatic N) is 1. The van der Waals surface area contributed by atoms with Crippen LogP contribution in [0.3, 0.4) is 0 Å². The summed E-state index contributed by atoms with van der Waals surface area (Å²) in [5.41, 5.74) is 1.26. The van der Waals surface area contributed by atoms with Crippen molar-refractivity contribution in [3.8, 4) is 0 Å². The summed E-state index contributed by atoms with van der Waals surface area (Å²) in [6.45, 7) is 3.32. The molecule has 0 aliphatic rings. The third-order valence-corrected chi connectivity index (χ3v) is 3.56. The second kappa shape index (κ2) is 5.37. The number of ketones is 1. The summed E-state index contributed by atoms with van der Waals surface area (Å²) in [6, 6.07) is 4.01. The molecule has 0 saturated carbocycles. The first-order valence-electron chi connectivity index (χ1n) is 5.41. The molecule has 3 nitrogen and oxygen atoms in total. The van der Waals surface area contributed by atoms with Gasteiger partial charge in [-0.05, 0) is 37.4 Å². The van der Waals surface area contributed by atoms with Crippen molar-refractivity contribution in [3.05, 3.63) is 44.1 Å².